The van der Waals surface area contributed by atoms with Crippen LogP contribution in [-0.2, 0) is 4.79 Å². The van der Waals surface area contributed by atoms with Crippen LogP contribution in [0.4, 0.5) is 0 Å². The quantitative estimate of drug-likeness (QED) is 0.926. The van der Waals surface area contributed by atoms with Gasteiger partial charge in [0.1, 0.15) is 11.8 Å². The smallest absolute Gasteiger partial charge is 0.321 e. The van der Waals surface area contributed by atoms with Gasteiger partial charge in [-0.2, -0.15) is 0 Å². The van der Waals surface area contributed by atoms with Crippen molar-refractivity contribution in [2.45, 2.75) is 38.3 Å². The highest BCUT2D eigenvalue weighted by atomic mass is 16.5. The van der Waals surface area contributed by atoms with E-state index in [1.807, 2.05) is 18.2 Å². The molecule has 4 nitrogen and oxygen atoms in total. The van der Waals surface area contributed by atoms with Gasteiger partial charge in [-0.1, -0.05) is 18.6 Å². The van der Waals surface area contributed by atoms with Crippen molar-refractivity contribution < 1.29 is 14.6 Å². The molecule has 21 heavy (non-hydrogen) atoms. The number of carbonyl (C=O) groups is 1. The second kappa shape index (κ2) is 5.68. The normalized spacial score (nSPS) is 30.1. The Morgan fingerprint density at radius 2 is 2.24 bits per heavy atom. The minimum absolute atomic E-state index is 0.104. The molecule has 1 aromatic rings. The summed E-state index contributed by atoms with van der Waals surface area (Å²) in [5.41, 5.74) is 1.13. The molecule has 0 amide bonds. The first-order chi connectivity index (χ1) is 10.1. The van der Waals surface area contributed by atoms with Crippen molar-refractivity contribution in [1.82, 2.24) is 4.90 Å². The van der Waals surface area contributed by atoms with E-state index < -0.39 is 5.97 Å². The number of hydrogen-bond acceptors (Lipinski definition) is 3. The zero-order valence-electron chi connectivity index (χ0n) is 12.7. The Balaban J connectivity index is 1.85. The van der Waals surface area contributed by atoms with Gasteiger partial charge < -0.3 is 9.84 Å². The Bertz CT molecular complexity index is 531. The van der Waals surface area contributed by atoms with Crippen LogP contribution >= 0.6 is 0 Å². The lowest BCUT2D eigenvalue weighted by atomic mass is 9.94. The number of hydrogen-bond donors (Lipinski definition) is 1. The molecule has 1 aliphatic heterocycles. The first-order valence-corrected chi connectivity index (χ1v) is 7.74. The average Bonchev–Trinajstić information content (AvgIpc) is 3.06. The summed E-state index contributed by atoms with van der Waals surface area (Å²) in [5.74, 6) is 1.04. The van der Waals surface area contributed by atoms with Gasteiger partial charge in [-0.05, 0) is 49.3 Å². The van der Waals surface area contributed by atoms with Crippen molar-refractivity contribution in [3.8, 4) is 5.75 Å². The molecule has 1 saturated carbocycles. The van der Waals surface area contributed by atoms with Gasteiger partial charge in [0.05, 0.1) is 7.11 Å². The van der Waals surface area contributed by atoms with Gasteiger partial charge in [0.25, 0.3) is 0 Å². The van der Waals surface area contributed by atoms with Crippen molar-refractivity contribution in [1.29, 1.82) is 0 Å². The molecule has 0 spiro atoms. The highest BCUT2D eigenvalue weighted by Gasteiger charge is 2.49. The third-order valence-electron chi connectivity index (χ3n) is 5.25. The Morgan fingerprint density at radius 1 is 1.43 bits per heavy atom. The lowest BCUT2D eigenvalue weighted by Crippen LogP contribution is -2.41. The fraction of sp³-hybridized carbons (Fsp3) is 0.588. The predicted molar refractivity (Wildman–Crippen MR) is 80.4 cm³/mol. The van der Waals surface area contributed by atoms with Gasteiger partial charge in [0, 0.05) is 12.6 Å². The fourth-order valence-corrected chi connectivity index (χ4v) is 4.16. The summed E-state index contributed by atoms with van der Waals surface area (Å²) < 4.78 is 5.28. The largest absolute Gasteiger partial charge is 0.497 e. The standard InChI is InChI=1S/C17H23NO3/c1-11(12-5-3-7-14(9-12)21-2)18-10-13-6-4-8-15(13)16(18)17(19)20/h3,5,7,9,11,13,15-16H,4,6,8,10H2,1-2H3,(H,19,20). The van der Waals surface area contributed by atoms with Crippen LogP contribution in [0.5, 0.6) is 5.75 Å². The molecule has 1 aromatic carbocycles. The van der Waals surface area contributed by atoms with Crippen LogP contribution in [0.25, 0.3) is 0 Å². The first-order valence-electron chi connectivity index (χ1n) is 7.74. The van der Waals surface area contributed by atoms with E-state index in [9.17, 15) is 9.90 Å². The molecule has 3 rings (SSSR count). The third-order valence-corrected chi connectivity index (χ3v) is 5.25. The zero-order chi connectivity index (χ0) is 15.0. The van der Waals surface area contributed by atoms with E-state index in [-0.39, 0.29) is 12.1 Å². The van der Waals surface area contributed by atoms with Crippen molar-refractivity contribution in [3.63, 3.8) is 0 Å². The third kappa shape index (κ3) is 2.53. The SMILES string of the molecule is COc1cccc(C(C)N2CC3CCCC3C2C(=O)O)c1. The minimum Gasteiger partial charge on any atom is -0.497 e. The van der Waals surface area contributed by atoms with Gasteiger partial charge in [0.15, 0.2) is 0 Å². The molecule has 1 saturated heterocycles. The van der Waals surface area contributed by atoms with Crippen LogP contribution in [0.3, 0.4) is 0 Å². The van der Waals surface area contributed by atoms with Crippen LogP contribution < -0.4 is 4.74 Å². The monoisotopic (exact) mass is 289 g/mol. The maximum atomic E-state index is 11.7. The minimum atomic E-state index is -0.667. The number of fused-ring (bicyclic) bond motifs is 1. The van der Waals surface area contributed by atoms with Gasteiger partial charge in [-0.15, -0.1) is 0 Å². The number of benzene rings is 1. The molecule has 0 bridgehead atoms. The molecule has 4 heteroatoms. The Hall–Kier alpha value is -1.55. The van der Waals surface area contributed by atoms with Gasteiger partial charge in [-0.3, -0.25) is 9.69 Å². The van der Waals surface area contributed by atoms with Crippen LogP contribution in [-0.4, -0.2) is 35.7 Å². The fourth-order valence-electron chi connectivity index (χ4n) is 4.16. The lowest BCUT2D eigenvalue weighted by molar-refractivity contribution is -0.144. The summed E-state index contributed by atoms with van der Waals surface area (Å²) >= 11 is 0. The molecule has 2 aliphatic rings. The number of carboxylic acids is 1. The number of aliphatic carboxylic acids is 1. The number of likely N-dealkylation sites (tertiary alicyclic amines) is 1. The Morgan fingerprint density at radius 3 is 2.95 bits per heavy atom. The van der Waals surface area contributed by atoms with E-state index in [0.717, 1.165) is 24.3 Å². The van der Waals surface area contributed by atoms with Crippen molar-refractivity contribution >= 4 is 5.97 Å². The number of nitrogens with zero attached hydrogens (tertiary/aromatic N) is 1. The summed E-state index contributed by atoms with van der Waals surface area (Å²) in [4.78, 5) is 13.9. The molecule has 0 aromatic heterocycles. The van der Waals surface area contributed by atoms with E-state index in [2.05, 4.69) is 17.9 Å². The molecule has 1 heterocycles. The number of ether oxygens (including phenoxy) is 1. The maximum absolute atomic E-state index is 11.7. The molecular formula is C17H23NO3. The van der Waals surface area contributed by atoms with E-state index in [1.165, 1.54) is 12.8 Å². The molecule has 2 fully saturated rings. The lowest BCUT2D eigenvalue weighted by Gasteiger charge is -2.30. The summed E-state index contributed by atoms with van der Waals surface area (Å²) in [6.45, 7) is 3.01. The van der Waals surface area contributed by atoms with Crippen LogP contribution in [0.1, 0.15) is 37.8 Å². The predicted octanol–water partition coefficient (Wildman–Crippen LogP) is 2.94. The number of rotatable bonds is 4. The van der Waals surface area contributed by atoms with Crippen LogP contribution in [0.2, 0.25) is 0 Å². The van der Waals surface area contributed by atoms with Crippen LogP contribution in [0, 0.1) is 11.8 Å². The number of carboxylic acid groups (broad SMARTS) is 1. The first kappa shape index (κ1) is 14.4. The summed E-state index contributed by atoms with van der Waals surface area (Å²) in [6.07, 6.45) is 3.42. The van der Waals surface area contributed by atoms with Gasteiger partial charge in [-0.25, -0.2) is 0 Å². The van der Waals surface area contributed by atoms with E-state index in [0.29, 0.717) is 11.8 Å². The molecular weight excluding hydrogens is 266 g/mol. The molecule has 0 radical (unpaired) electrons. The highest BCUT2D eigenvalue weighted by molar-refractivity contribution is 5.74. The molecule has 114 valence electrons. The molecule has 1 N–H and O–H groups in total. The van der Waals surface area contributed by atoms with Gasteiger partial charge >= 0.3 is 5.97 Å². The van der Waals surface area contributed by atoms with E-state index in [1.54, 1.807) is 7.11 Å². The second-order valence-corrected chi connectivity index (χ2v) is 6.29. The Kier molecular flexibility index (Phi) is 3.89. The second-order valence-electron chi connectivity index (χ2n) is 6.29. The summed E-state index contributed by atoms with van der Waals surface area (Å²) in [6, 6.07) is 7.73. The Labute approximate surface area is 125 Å². The highest BCUT2D eigenvalue weighted by Crippen LogP contribution is 2.45. The summed E-state index contributed by atoms with van der Waals surface area (Å²) in [5, 5.41) is 9.66. The topological polar surface area (TPSA) is 49.8 Å². The van der Waals surface area contributed by atoms with Gasteiger partial charge in [0.2, 0.25) is 0 Å². The average molecular weight is 289 g/mol. The van der Waals surface area contributed by atoms with Crippen molar-refractivity contribution in [2.75, 3.05) is 13.7 Å². The van der Waals surface area contributed by atoms with E-state index in [4.69, 9.17) is 4.74 Å². The molecule has 4 unspecified atom stereocenters. The van der Waals surface area contributed by atoms with Crippen molar-refractivity contribution in [3.05, 3.63) is 29.8 Å². The maximum Gasteiger partial charge on any atom is 0.321 e. The zero-order valence-corrected chi connectivity index (χ0v) is 12.7. The number of methoxy groups -OCH3 is 1. The van der Waals surface area contributed by atoms with Crippen LogP contribution in [0.15, 0.2) is 24.3 Å². The van der Waals surface area contributed by atoms with E-state index >= 15 is 0 Å². The molecule has 1 aliphatic carbocycles. The molecule has 4 atom stereocenters. The summed E-state index contributed by atoms with van der Waals surface area (Å²) in [7, 11) is 1.66. The van der Waals surface area contributed by atoms with Crippen molar-refractivity contribution in [2.24, 2.45) is 11.8 Å².